The van der Waals surface area contributed by atoms with E-state index < -0.39 is 6.29 Å². The first-order valence-electron chi connectivity index (χ1n) is 44.1. The molecule has 3 N–H and O–H groups in total. The third-order valence-corrected chi connectivity index (χ3v) is 25.7. The largest absolute Gasteiger partial charge is 0.508 e. The highest BCUT2D eigenvalue weighted by atomic mass is 32.2. The summed E-state index contributed by atoms with van der Waals surface area (Å²) in [6.45, 7) is 34.9. The van der Waals surface area contributed by atoms with Crippen molar-refractivity contribution in [3.8, 4) is 51.4 Å². The Labute approximate surface area is 723 Å². The van der Waals surface area contributed by atoms with Crippen molar-refractivity contribution >= 4 is 39.4 Å². The zero-order valence-electron chi connectivity index (χ0n) is 74.0. The van der Waals surface area contributed by atoms with Gasteiger partial charge < -0.3 is 48.5 Å². The minimum Gasteiger partial charge on any atom is -0.508 e. The van der Waals surface area contributed by atoms with Crippen LogP contribution in [0.15, 0.2) is 248 Å². The van der Waals surface area contributed by atoms with Gasteiger partial charge in [0.05, 0.1) is 30.3 Å². The number of carbonyl (C=O) groups is 1. The van der Waals surface area contributed by atoms with Crippen LogP contribution >= 0.6 is 23.5 Å². The van der Waals surface area contributed by atoms with Crippen molar-refractivity contribution in [1.29, 1.82) is 0 Å². The molecule has 14 unspecified atom stereocenters. The Hall–Kier alpha value is -8.69. The van der Waals surface area contributed by atoms with Crippen LogP contribution in [-0.2, 0) is 19.0 Å². The first-order valence-corrected chi connectivity index (χ1v) is 46.1. The molecule has 2 bridgehead atoms. The average Bonchev–Trinajstić information content (AvgIpc) is 1.60. The summed E-state index contributed by atoms with van der Waals surface area (Å²) >= 11 is 2.96. The molecule has 14 atom stereocenters. The van der Waals surface area contributed by atoms with E-state index in [4.69, 9.17) is 48.5 Å². The Bertz CT molecular complexity index is 4320. The second-order valence-corrected chi connectivity index (χ2v) is 34.9. The zero-order chi connectivity index (χ0) is 85.6. The fraction of sp³-hybridized carbons (Fsp3) is 0.443. The molecule has 10 aromatic rings. The highest BCUT2D eigenvalue weighted by Gasteiger charge is 2.54. The maximum Gasteiger partial charge on any atom is 0.209 e. The average molecular weight is 1650 g/mol. The molecule has 0 amide bonds. The SMILES string of the molecule is CCC(C)c1ccc(O)cc1.CCC(C)c1ccc(O)cc1.CCC(C)c1ccc(O)cc1.CCC(C)c1ccc(OC(CSC(C)=O)OCCOc2ccccc2-c2ccccc2)cc1.CCC(C)c1ccc(OC(CSc2ccc3ccccc3c2)OC(C)C)cc1.CCC(Oc1ccc(C(C)CC)cc1)OC1CC2CC1C1CCCC21. The standard InChI is InChI=1S/C28H32O4S.C25H30O2S.C23H34O2.3C10H14O/c1-4-21(2)23-14-16-25(17-15-23)32-28(20-33-22(3)29)31-19-18-30-27-13-9-8-12-26(27)24-10-6-5-7-11-24;1-5-19(4)20-10-13-23(14-11-20)27-25(26-18(2)3)17-28-24-15-12-21-8-6-7-9-22(21)16-24;1-4-15(3)16-9-11-18(12-10-16)24-23(5-2)25-22-14-17-13-21(22)20-8-6-7-19(17)20;3*1-3-8(2)9-4-6-10(11)7-5-9/h5-17,21,28H,4,18-20H2,1-3H3;6-16,18-19,25H,5,17H2,1-4H3;9-12,15,17,19-23H,4-8,13-14H2,1-3H3;3*4-8,11H,3H2,1-2H3. The highest BCUT2D eigenvalue weighted by molar-refractivity contribution is 8.13. The molecule has 0 heterocycles. The van der Waals surface area contributed by atoms with Crippen molar-refractivity contribution in [1.82, 2.24) is 0 Å². The van der Waals surface area contributed by atoms with Gasteiger partial charge in [-0.2, -0.15) is 0 Å². The van der Waals surface area contributed by atoms with E-state index >= 15 is 0 Å². The lowest BCUT2D eigenvalue weighted by Gasteiger charge is -2.33. The molecule has 0 spiro atoms. The van der Waals surface area contributed by atoms with Gasteiger partial charge in [-0.05, 0) is 278 Å². The van der Waals surface area contributed by atoms with Crippen LogP contribution in [0.1, 0.15) is 257 Å². The van der Waals surface area contributed by atoms with E-state index in [1.807, 2.05) is 105 Å². The van der Waals surface area contributed by atoms with Crippen LogP contribution in [0.3, 0.4) is 0 Å². The number of fused-ring (bicyclic) bond motifs is 6. The van der Waals surface area contributed by atoms with Gasteiger partial charge in [-0.25, -0.2) is 0 Å². The molecule has 119 heavy (non-hydrogen) atoms. The number of para-hydroxylation sites is 1. The second kappa shape index (κ2) is 51.2. The Balaban J connectivity index is 0.000000188. The molecule has 3 aliphatic rings. The summed E-state index contributed by atoms with van der Waals surface area (Å²) in [5.74, 6) is 12.7. The molecule has 0 saturated heterocycles. The molecule has 3 saturated carbocycles. The molecule has 11 nitrogen and oxygen atoms in total. The van der Waals surface area contributed by atoms with Gasteiger partial charge in [0.25, 0.3) is 0 Å². The van der Waals surface area contributed by atoms with E-state index in [9.17, 15) is 4.79 Å². The third-order valence-electron chi connectivity index (χ3n) is 23.8. The van der Waals surface area contributed by atoms with Gasteiger partial charge >= 0.3 is 0 Å². The van der Waals surface area contributed by atoms with Crippen molar-refractivity contribution in [2.45, 2.75) is 259 Å². The van der Waals surface area contributed by atoms with Gasteiger partial charge in [0.15, 0.2) is 11.4 Å². The maximum atomic E-state index is 11.5. The normalized spacial score (nSPS) is 17.8. The summed E-state index contributed by atoms with van der Waals surface area (Å²) in [5.41, 5.74) is 10.1. The first kappa shape index (κ1) is 95.8. The molecule has 3 aliphatic carbocycles. The maximum absolute atomic E-state index is 11.5. The third kappa shape index (κ3) is 31.7. The lowest BCUT2D eigenvalue weighted by molar-refractivity contribution is -0.143. The van der Waals surface area contributed by atoms with Gasteiger partial charge in [0.2, 0.25) is 12.6 Å². The number of carbonyl (C=O) groups excluding carboxylic acids is 1. The molecule has 3 fully saturated rings. The molecule has 0 radical (unpaired) electrons. The van der Waals surface area contributed by atoms with Crippen LogP contribution in [0.25, 0.3) is 21.9 Å². The van der Waals surface area contributed by atoms with Crippen molar-refractivity contribution in [3.05, 3.63) is 276 Å². The number of hydrogen-bond donors (Lipinski definition) is 3. The minimum atomic E-state index is -0.540. The summed E-state index contributed by atoms with van der Waals surface area (Å²) in [6, 6.07) is 80.6. The number of benzene rings is 10. The molecule has 10 aromatic carbocycles. The number of rotatable bonds is 34. The number of thioether (sulfide) groups is 2. The van der Waals surface area contributed by atoms with E-state index in [0.29, 0.717) is 77.8 Å². The minimum absolute atomic E-state index is 0.0346. The molecule has 13 heteroatoms. The summed E-state index contributed by atoms with van der Waals surface area (Å²) in [5, 5.41) is 29.6. The Morgan fingerprint density at radius 2 is 0.815 bits per heavy atom. The first-order chi connectivity index (χ1) is 57.5. The number of hydrogen-bond acceptors (Lipinski definition) is 13. The van der Waals surface area contributed by atoms with Gasteiger partial charge in [0.1, 0.15) is 46.9 Å². The van der Waals surface area contributed by atoms with E-state index in [2.05, 4.69) is 205 Å². The van der Waals surface area contributed by atoms with Crippen LogP contribution in [0, 0.1) is 23.7 Å². The Morgan fingerprint density at radius 1 is 0.403 bits per heavy atom. The highest BCUT2D eigenvalue weighted by Crippen LogP contribution is 2.59. The molecule has 13 rings (SSSR count). The second-order valence-electron chi connectivity index (χ2n) is 32.6. The molecular formula is C106H138O11S2. The van der Waals surface area contributed by atoms with E-state index in [0.717, 1.165) is 102 Å². The number of phenols is 3. The van der Waals surface area contributed by atoms with Gasteiger partial charge in [-0.3, -0.25) is 4.79 Å². The van der Waals surface area contributed by atoms with E-state index in [-0.39, 0.29) is 23.8 Å². The molecule has 0 aromatic heterocycles. The number of phenolic OH excluding ortho intramolecular Hbond substituents is 3. The van der Waals surface area contributed by atoms with E-state index in [1.54, 1.807) is 55.1 Å². The smallest absolute Gasteiger partial charge is 0.209 e. The number of aromatic hydroxyl groups is 3. The van der Waals surface area contributed by atoms with Crippen molar-refractivity contribution in [2.24, 2.45) is 23.7 Å². The van der Waals surface area contributed by atoms with Crippen LogP contribution in [0.2, 0.25) is 0 Å². The quantitative estimate of drug-likeness (QED) is 0.0200. The van der Waals surface area contributed by atoms with E-state index in [1.165, 1.54) is 99.3 Å². The lowest BCUT2D eigenvalue weighted by Crippen LogP contribution is -2.35. The number of ether oxygens (including phenoxy) is 7. The van der Waals surface area contributed by atoms with Crippen molar-refractivity contribution in [3.63, 3.8) is 0 Å². The topological polar surface area (TPSA) is 142 Å². The van der Waals surface area contributed by atoms with Crippen LogP contribution in [-0.4, -0.2) is 76.2 Å². The fourth-order valence-electron chi connectivity index (χ4n) is 15.4. The Morgan fingerprint density at radius 3 is 1.26 bits per heavy atom. The fourth-order valence-corrected chi connectivity index (χ4v) is 16.8. The summed E-state index contributed by atoms with van der Waals surface area (Å²) in [7, 11) is 0. The van der Waals surface area contributed by atoms with Crippen LogP contribution in [0.5, 0.6) is 40.2 Å². The molecule has 0 aliphatic heterocycles. The van der Waals surface area contributed by atoms with Crippen molar-refractivity contribution in [2.75, 3.05) is 24.7 Å². The lowest BCUT2D eigenvalue weighted by atomic mass is 9.80. The summed E-state index contributed by atoms with van der Waals surface area (Å²) in [4.78, 5) is 12.7. The molecular weight excluding hydrogens is 1510 g/mol. The summed E-state index contributed by atoms with van der Waals surface area (Å²) in [6.07, 6.45) is 14.4. The summed E-state index contributed by atoms with van der Waals surface area (Å²) < 4.78 is 42.8. The van der Waals surface area contributed by atoms with Crippen molar-refractivity contribution < 1.29 is 53.3 Å². The predicted molar refractivity (Wildman–Crippen MR) is 499 cm³/mol. The monoisotopic (exact) mass is 1650 g/mol. The van der Waals surface area contributed by atoms with Crippen LogP contribution in [0.4, 0.5) is 0 Å². The molecule has 640 valence electrons. The van der Waals surface area contributed by atoms with Gasteiger partial charge in [0, 0.05) is 23.8 Å². The van der Waals surface area contributed by atoms with Crippen LogP contribution < -0.4 is 18.9 Å². The Kier molecular flexibility index (Phi) is 41.2. The van der Waals surface area contributed by atoms with Gasteiger partial charge in [-0.1, -0.05) is 260 Å². The predicted octanol–water partition coefficient (Wildman–Crippen LogP) is 29.1. The zero-order valence-corrected chi connectivity index (χ0v) is 75.6. The van der Waals surface area contributed by atoms with Gasteiger partial charge in [-0.15, -0.1) is 11.8 Å².